The highest BCUT2D eigenvalue weighted by Gasteiger charge is 2.37. The van der Waals surface area contributed by atoms with Gasteiger partial charge in [0.2, 0.25) is 5.91 Å². The Hall–Kier alpha value is -3.56. The van der Waals surface area contributed by atoms with Crippen molar-refractivity contribution in [2.45, 2.75) is 25.4 Å². The molecular formula is C27H28N4O4S. The number of piperazine rings is 1. The molecule has 0 aliphatic carbocycles. The molecule has 2 atom stereocenters. The largest absolute Gasteiger partial charge is 0.338 e. The zero-order chi connectivity index (χ0) is 25.2. The van der Waals surface area contributed by atoms with Crippen LogP contribution in [0, 0.1) is 10.1 Å². The summed E-state index contributed by atoms with van der Waals surface area (Å²) in [6.07, 6.45) is 0.936. The van der Waals surface area contributed by atoms with Gasteiger partial charge in [0, 0.05) is 55.3 Å². The van der Waals surface area contributed by atoms with E-state index >= 15 is 0 Å². The topological polar surface area (TPSA) is 87.0 Å². The molecule has 5 rings (SSSR count). The van der Waals surface area contributed by atoms with E-state index in [1.807, 2.05) is 30.0 Å². The molecule has 0 saturated carbocycles. The summed E-state index contributed by atoms with van der Waals surface area (Å²) in [6.45, 7) is 4.61. The zero-order valence-electron chi connectivity index (χ0n) is 20.1. The van der Waals surface area contributed by atoms with Crippen LogP contribution in [-0.4, -0.2) is 70.2 Å². The molecule has 0 bridgehead atoms. The lowest BCUT2D eigenvalue weighted by molar-refractivity contribution is -0.384. The van der Waals surface area contributed by atoms with Gasteiger partial charge in [-0.05, 0) is 48.1 Å². The number of amides is 2. The van der Waals surface area contributed by atoms with Gasteiger partial charge in [-0.2, -0.15) is 0 Å². The van der Waals surface area contributed by atoms with Crippen molar-refractivity contribution in [2.75, 3.05) is 32.7 Å². The lowest BCUT2D eigenvalue weighted by atomic mass is 9.92. The first-order chi connectivity index (χ1) is 17.4. The Labute approximate surface area is 213 Å². The second kappa shape index (κ2) is 10.2. The summed E-state index contributed by atoms with van der Waals surface area (Å²) in [7, 11) is 0. The third kappa shape index (κ3) is 4.64. The van der Waals surface area contributed by atoms with E-state index in [9.17, 15) is 19.7 Å². The number of hydrogen-bond acceptors (Lipinski definition) is 6. The van der Waals surface area contributed by atoms with E-state index in [0.717, 1.165) is 13.0 Å². The predicted molar refractivity (Wildman–Crippen MR) is 138 cm³/mol. The van der Waals surface area contributed by atoms with Gasteiger partial charge in [0.1, 0.15) is 0 Å². The van der Waals surface area contributed by atoms with Crippen LogP contribution in [0.25, 0.3) is 0 Å². The molecule has 2 unspecified atom stereocenters. The molecule has 3 heterocycles. The maximum Gasteiger partial charge on any atom is 0.269 e. The third-order valence-electron chi connectivity index (χ3n) is 7.18. The van der Waals surface area contributed by atoms with Crippen molar-refractivity contribution in [2.24, 2.45) is 0 Å². The van der Waals surface area contributed by atoms with Crippen molar-refractivity contribution in [3.8, 4) is 0 Å². The Kier molecular flexibility index (Phi) is 6.84. The average Bonchev–Trinajstić information content (AvgIpc) is 3.41. The van der Waals surface area contributed by atoms with Crippen molar-refractivity contribution < 1.29 is 14.5 Å². The Morgan fingerprint density at radius 2 is 1.61 bits per heavy atom. The van der Waals surface area contributed by atoms with Crippen LogP contribution in [-0.2, 0) is 11.2 Å². The van der Waals surface area contributed by atoms with Crippen LogP contribution >= 0.6 is 11.3 Å². The van der Waals surface area contributed by atoms with Crippen molar-refractivity contribution in [3.05, 3.63) is 97.7 Å². The number of nitrogens with zero attached hydrogens (tertiary/aromatic N) is 4. The fraction of sp³-hybridized carbons (Fsp3) is 0.333. The molecule has 2 aliphatic heterocycles. The summed E-state index contributed by atoms with van der Waals surface area (Å²) in [6, 6.07) is 18.0. The van der Waals surface area contributed by atoms with Crippen LogP contribution in [0.3, 0.4) is 0 Å². The van der Waals surface area contributed by atoms with E-state index in [1.54, 1.807) is 16.2 Å². The molecule has 8 nitrogen and oxygen atoms in total. The maximum atomic E-state index is 13.6. The van der Waals surface area contributed by atoms with Gasteiger partial charge in [-0.15, -0.1) is 11.3 Å². The van der Waals surface area contributed by atoms with Crippen LogP contribution in [0.15, 0.2) is 66.0 Å². The van der Waals surface area contributed by atoms with Crippen LogP contribution in [0.5, 0.6) is 0 Å². The highest BCUT2D eigenvalue weighted by Crippen LogP contribution is 2.39. The average molecular weight is 505 g/mol. The lowest BCUT2D eigenvalue weighted by Gasteiger charge is -2.42. The molecule has 0 spiro atoms. The Balaban J connectivity index is 1.26. The van der Waals surface area contributed by atoms with Crippen molar-refractivity contribution >= 4 is 28.8 Å². The van der Waals surface area contributed by atoms with Crippen LogP contribution in [0.2, 0.25) is 0 Å². The highest BCUT2D eigenvalue weighted by atomic mass is 32.1. The molecule has 36 heavy (non-hydrogen) atoms. The normalized spacial score (nSPS) is 19.0. The van der Waals surface area contributed by atoms with E-state index in [2.05, 4.69) is 28.5 Å². The van der Waals surface area contributed by atoms with Gasteiger partial charge in [0.25, 0.3) is 11.6 Å². The smallest absolute Gasteiger partial charge is 0.269 e. The number of thiophene rings is 1. The van der Waals surface area contributed by atoms with Gasteiger partial charge in [-0.3, -0.25) is 24.6 Å². The molecule has 1 saturated heterocycles. The van der Waals surface area contributed by atoms with Gasteiger partial charge >= 0.3 is 0 Å². The summed E-state index contributed by atoms with van der Waals surface area (Å²) >= 11 is 1.78. The first-order valence-electron chi connectivity index (χ1n) is 12.1. The summed E-state index contributed by atoms with van der Waals surface area (Å²) < 4.78 is 0. The van der Waals surface area contributed by atoms with Gasteiger partial charge in [-0.1, -0.05) is 30.3 Å². The SMILES string of the molecule is CC(C(=O)N1CCN(C(=O)c2ccc([N+](=O)[O-])cc2)CC1)N1CCc2sccc2C1c1ccccc1. The molecular weight excluding hydrogens is 476 g/mol. The summed E-state index contributed by atoms with van der Waals surface area (Å²) in [5.41, 5.74) is 2.85. The fourth-order valence-corrected chi connectivity index (χ4v) is 6.11. The standard InChI is InChI=1S/C27H28N4O4S/c1-19(30-13-11-24-23(12-18-36-24)25(30)20-5-3-2-4-6-20)26(32)28-14-16-29(17-15-28)27(33)21-7-9-22(10-8-21)31(34)35/h2-10,12,18-19,25H,11,13-17H2,1H3. The molecule has 2 aliphatic rings. The quantitative estimate of drug-likeness (QED) is 0.388. The van der Waals surface area contributed by atoms with Gasteiger partial charge in [0.05, 0.1) is 17.0 Å². The molecule has 1 fully saturated rings. The first kappa shape index (κ1) is 24.1. The zero-order valence-corrected chi connectivity index (χ0v) is 20.9. The molecule has 9 heteroatoms. The van der Waals surface area contributed by atoms with Crippen molar-refractivity contribution in [3.63, 3.8) is 0 Å². The van der Waals surface area contributed by atoms with Gasteiger partial charge in [-0.25, -0.2) is 0 Å². The second-order valence-electron chi connectivity index (χ2n) is 9.20. The van der Waals surface area contributed by atoms with Crippen LogP contribution < -0.4 is 0 Å². The molecule has 2 aromatic carbocycles. The molecule has 0 N–H and O–H groups in total. The molecule has 2 amide bonds. The molecule has 1 aromatic heterocycles. The number of carbonyl (C=O) groups excluding carboxylic acids is 2. The predicted octanol–water partition coefficient (Wildman–Crippen LogP) is 3.98. The monoisotopic (exact) mass is 504 g/mol. The third-order valence-corrected chi connectivity index (χ3v) is 8.17. The van der Waals surface area contributed by atoms with E-state index in [1.165, 1.54) is 40.3 Å². The molecule has 0 radical (unpaired) electrons. The van der Waals surface area contributed by atoms with Crippen LogP contribution in [0.1, 0.15) is 39.3 Å². The number of nitro groups is 1. The van der Waals surface area contributed by atoms with Gasteiger partial charge < -0.3 is 9.80 Å². The minimum Gasteiger partial charge on any atom is -0.338 e. The molecule has 3 aromatic rings. The van der Waals surface area contributed by atoms with E-state index < -0.39 is 4.92 Å². The number of carbonyl (C=O) groups is 2. The molecule has 186 valence electrons. The van der Waals surface area contributed by atoms with Crippen molar-refractivity contribution in [1.29, 1.82) is 0 Å². The minimum absolute atomic E-state index is 0.0444. The number of nitro benzene ring substituents is 1. The summed E-state index contributed by atoms with van der Waals surface area (Å²) in [5.74, 6) is -0.0905. The van der Waals surface area contributed by atoms with E-state index in [4.69, 9.17) is 0 Å². The number of benzene rings is 2. The summed E-state index contributed by atoms with van der Waals surface area (Å²) in [4.78, 5) is 44.1. The minimum atomic E-state index is -0.482. The summed E-state index contributed by atoms with van der Waals surface area (Å²) in [5, 5.41) is 13.0. The van der Waals surface area contributed by atoms with E-state index in [-0.39, 0.29) is 29.6 Å². The number of rotatable bonds is 5. The maximum absolute atomic E-state index is 13.6. The number of hydrogen-bond donors (Lipinski definition) is 0. The van der Waals surface area contributed by atoms with Gasteiger partial charge in [0.15, 0.2) is 0 Å². The Morgan fingerprint density at radius 1 is 0.944 bits per heavy atom. The first-order valence-corrected chi connectivity index (χ1v) is 13.0. The van der Waals surface area contributed by atoms with Crippen LogP contribution in [0.4, 0.5) is 5.69 Å². The fourth-order valence-electron chi connectivity index (χ4n) is 5.20. The second-order valence-corrected chi connectivity index (χ2v) is 10.2. The number of non-ortho nitro benzene ring substituents is 1. The lowest BCUT2D eigenvalue weighted by Crippen LogP contribution is -2.56. The Bertz CT molecular complexity index is 1250. The highest BCUT2D eigenvalue weighted by molar-refractivity contribution is 7.10. The number of fused-ring (bicyclic) bond motifs is 1. The van der Waals surface area contributed by atoms with Crippen molar-refractivity contribution in [1.82, 2.24) is 14.7 Å². The van der Waals surface area contributed by atoms with E-state index in [0.29, 0.717) is 31.7 Å². The Morgan fingerprint density at radius 3 is 2.28 bits per heavy atom.